The van der Waals surface area contributed by atoms with Crippen LogP contribution in [0.2, 0.25) is 0 Å². The zero-order valence-corrected chi connectivity index (χ0v) is 54.5. The average molecular weight is 1410 g/mol. The first kappa shape index (κ1) is 60.2. The van der Waals surface area contributed by atoms with Crippen LogP contribution in [0.1, 0.15) is 81.7 Å². The molecule has 0 aliphatic carbocycles. The molecule has 0 N–H and O–H groups in total. The summed E-state index contributed by atoms with van der Waals surface area (Å²) < 4.78 is 8.52. The Morgan fingerprint density at radius 2 is 0.591 bits per heavy atom. The van der Waals surface area contributed by atoms with Gasteiger partial charge in [-0.05, 0) is 72.2 Å². The summed E-state index contributed by atoms with van der Waals surface area (Å²) >= 11 is 0. The zero-order chi connectivity index (χ0) is 58.8. The molecule has 0 atom stereocenters. The summed E-state index contributed by atoms with van der Waals surface area (Å²) in [5, 5.41) is 35.4. The van der Waals surface area contributed by atoms with E-state index in [-0.39, 0.29) is 78.8 Å². The van der Waals surface area contributed by atoms with Crippen molar-refractivity contribution in [1.82, 2.24) is 19.9 Å². The summed E-state index contributed by atoms with van der Waals surface area (Å²) in [5.41, 5.74) is 16.5. The largest absolute Gasteiger partial charge is 2.00 e. The van der Waals surface area contributed by atoms with Gasteiger partial charge in [-0.2, -0.15) is 18.3 Å². The van der Waals surface area contributed by atoms with E-state index in [1.165, 1.54) is 0 Å². The van der Waals surface area contributed by atoms with Crippen LogP contribution >= 0.6 is 0 Å². The first-order chi connectivity index (χ1) is 42.0. The van der Waals surface area contributed by atoms with Crippen LogP contribution in [0.25, 0.3) is 91.4 Å². The summed E-state index contributed by atoms with van der Waals surface area (Å²) in [6, 6.07) is 60.7. The Morgan fingerprint density at radius 1 is 0.352 bits per heavy atom. The van der Waals surface area contributed by atoms with E-state index >= 15 is 0 Å². The van der Waals surface area contributed by atoms with Crippen LogP contribution in [0.15, 0.2) is 219 Å². The Balaban J connectivity index is 0.00000400. The molecule has 0 amide bonds. The number of fused-ring (bicyclic) bond motifs is 8. The van der Waals surface area contributed by atoms with Crippen LogP contribution in [0.3, 0.4) is 0 Å². The predicted molar refractivity (Wildman–Crippen MR) is 319 cm³/mol. The van der Waals surface area contributed by atoms with Gasteiger partial charge in [0, 0.05) is 116 Å². The van der Waals surface area contributed by atoms with Gasteiger partial charge in [-0.3, -0.25) is 0 Å². The summed E-state index contributed by atoms with van der Waals surface area (Å²) in [5.74, 6) is -3.75. The predicted octanol–water partition coefficient (Wildman–Crippen LogP) is 7.32. The number of carboxylic acids is 3. The van der Waals surface area contributed by atoms with Crippen LogP contribution in [-0.2, 0) is 43.2 Å². The number of nitrogens with zero attached hydrogens (tertiary/aromatic N) is 8. The molecule has 0 unspecified atom stereocenters. The first-order valence-electron chi connectivity index (χ1n) is 28.0. The van der Waals surface area contributed by atoms with Crippen LogP contribution in [0, 0.1) is 51.9 Å². The van der Waals surface area contributed by atoms with Gasteiger partial charge in [0.2, 0.25) is 22.8 Å². The zero-order valence-electron chi connectivity index (χ0n) is 47.5. The van der Waals surface area contributed by atoms with Crippen LogP contribution in [0.4, 0.5) is 0 Å². The Labute approximate surface area is 553 Å². The smallest absolute Gasteiger partial charge is 0.656 e. The van der Waals surface area contributed by atoms with E-state index in [1.54, 1.807) is 72.8 Å². The third kappa shape index (κ3) is 12.5. The van der Waals surface area contributed by atoms with Crippen LogP contribution in [0.5, 0.6) is 0 Å². The number of carboxylic acid groups (broad SMARTS) is 3. The molecular formula is C72H51MnN8O6Ra+. The Bertz CT molecular complexity index is 4650. The molecule has 16 heteroatoms. The van der Waals surface area contributed by atoms with E-state index in [0.717, 1.165) is 67.3 Å². The third-order valence-electron chi connectivity index (χ3n) is 15.5. The van der Waals surface area contributed by atoms with Crippen molar-refractivity contribution < 1.29 is 110 Å². The van der Waals surface area contributed by atoms with Crippen molar-refractivity contribution in [3.05, 3.63) is 286 Å². The molecule has 9 heterocycles. The number of benzene rings is 4. The van der Waals surface area contributed by atoms with E-state index in [9.17, 15) is 29.7 Å². The molecule has 13 rings (SSSR count). The molecule has 7 aromatic heterocycles. The monoisotopic (exact) mass is 1400 g/mol. The molecule has 423 valence electrons. The minimum Gasteiger partial charge on any atom is -0.656 e. The molecule has 3 radical (unpaired) electrons. The molecular weight excluding hydrogens is 1350 g/mol. The average Bonchev–Trinajstić information content (AvgIpc) is 1.78. The Kier molecular flexibility index (Phi) is 17.9. The molecule has 0 saturated carbocycles. The van der Waals surface area contributed by atoms with Crippen molar-refractivity contribution in [1.29, 1.82) is 0 Å². The maximum Gasteiger partial charge on any atom is 2.00 e. The van der Waals surface area contributed by atoms with E-state index in [1.807, 2.05) is 134 Å². The van der Waals surface area contributed by atoms with Gasteiger partial charge < -0.3 is 39.7 Å². The van der Waals surface area contributed by atoms with Gasteiger partial charge in [0.25, 0.3) is 0 Å². The Hall–Kier alpha value is -9.52. The SMILES string of the molecule is Cc1ccc(C[n+]2ccccc2-c2c3nc(c(-c4cccc[n+]4Cc4ccc(C(=O)[O-])cc4)c4ccc([n-]4)c(-c4cccc[n+]4Cc4ccc(C(=O)[O-])cc4)c4nc(c(-c5cccc[n+]5Cc5ccc(C(=O)[O-])cc5)c5ccc2[n-]5)C=C4)C=C3)cc1.[Mn+2].[Ra]. The molecule has 14 nitrogen and oxygen atoms in total. The number of pyridine rings is 4. The number of rotatable bonds is 15. The number of aromatic nitrogens is 8. The number of carbonyl (C=O) groups is 3. The van der Waals surface area contributed by atoms with Gasteiger partial charge in [0.1, 0.15) is 0 Å². The number of hydrogen-bond donors (Lipinski definition) is 0. The second-order valence-corrected chi connectivity index (χ2v) is 21.2. The van der Waals surface area contributed by atoms with Gasteiger partial charge in [-0.25, -0.2) is 9.97 Å². The summed E-state index contributed by atoms with van der Waals surface area (Å²) in [6.07, 6.45) is 16.1. The van der Waals surface area contributed by atoms with E-state index < -0.39 is 17.9 Å². The molecule has 0 spiro atoms. The van der Waals surface area contributed by atoms with Crippen molar-refractivity contribution in [3.8, 4) is 45.0 Å². The molecule has 11 aromatic rings. The van der Waals surface area contributed by atoms with Crippen molar-refractivity contribution in [2.75, 3.05) is 0 Å². The molecule has 0 fully saturated rings. The Morgan fingerprint density at radius 3 is 0.830 bits per heavy atom. The minimum absolute atomic E-state index is 0. The quantitative estimate of drug-likeness (QED) is 0.0743. The summed E-state index contributed by atoms with van der Waals surface area (Å²) in [6.45, 7) is 3.78. The van der Waals surface area contributed by atoms with Gasteiger partial charge in [0.05, 0.1) is 62.9 Å². The number of aromatic carboxylic acids is 3. The molecule has 2 aliphatic heterocycles. The first-order valence-corrected chi connectivity index (χ1v) is 28.0. The normalized spacial score (nSPS) is 11.4. The van der Waals surface area contributed by atoms with Crippen molar-refractivity contribution >= 4 is 64.3 Å². The fraction of sp³-hybridized carbons (Fsp3) is 0.0694. The number of carbonyl (C=O) groups excluding carboxylic acids is 3. The second-order valence-electron chi connectivity index (χ2n) is 21.2. The molecule has 2 aliphatic rings. The maximum atomic E-state index is 11.8. The molecule has 8 bridgehead atoms. The van der Waals surface area contributed by atoms with E-state index in [0.29, 0.717) is 76.6 Å². The van der Waals surface area contributed by atoms with Gasteiger partial charge in [0.15, 0.2) is 51.0 Å². The van der Waals surface area contributed by atoms with Crippen LogP contribution < -0.4 is 43.6 Å². The standard InChI is InChI=1S/C72H52N8O6.Mn.Ra/c1-46-14-16-47(17-15-46)42-77-38-6-2-10-62(77)66-54-30-32-56(73-54)67(63-11-3-7-39-78(63)43-48-18-24-51(25-19-48)70(81)82)58-34-36-60(75-58)69(65-13-5-9-41-80(65)45-50-22-28-53(29-23-50)72(85)86)61-37-35-59(76-61)68(57-33-31-55(66)74-57)64-12-4-8-40-79(64)44-49-20-26-52(27-21-49)71(83)84;;/h2-41H,42-45H2,1H3,(H-3,73,74,75,76,81,82,83,84,85,86);;/q;+2;/p-1. The van der Waals surface area contributed by atoms with Crippen molar-refractivity contribution in [2.24, 2.45) is 0 Å². The third-order valence-corrected chi connectivity index (χ3v) is 15.5. The van der Waals surface area contributed by atoms with Crippen molar-refractivity contribution in [3.63, 3.8) is 0 Å². The fourth-order valence-corrected chi connectivity index (χ4v) is 11.2. The number of aryl methyl sites for hydroxylation is 1. The van der Waals surface area contributed by atoms with Crippen molar-refractivity contribution in [2.45, 2.75) is 33.1 Å². The molecule has 0 saturated heterocycles. The van der Waals surface area contributed by atoms with Gasteiger partial charge >= 0.3 is 17.1 Å². The maximum absolute atomic E-state index is 11.8. The number of hydrogen-bond acceptors (Lipinski definition) is 8. The van der Waals surface area contributed by atoms with E-state index in [4.69, 9.17) is 19.9 Å². The summed E-state index contributed by atoms with van der Waals surface area (Å²) in [7, 11) is 0. The summed E-state index contributed by atoms with van der Waals surface area (Å²) in [4.78, 5) is 57.8. The second kappa shape index (κ2) is 26.2. The van der Waals surface area contributed by atoms with E-state index in [2.05, 4.69) is 61.7 Å². The van der Waals surface area contributed by atoms with Crippen LogP contribution in [-0.4, -0.2) is 27.9 Å². The molecule has 4 aromatic carbocycles. The topological polar surface area (TPSA) is 190 Å². The minimum atomic E-state index is -1.26. The van der Waals surface area contributed by atoms with Gasteiger partial charge in [-0.15, -0.1) is 22.1 Å². The fourth-order valence-electron chi connectivity index (χ4n) is 11.2. The molecule has 88 heavy (non-hydrogen) atoms. The van der Waals surface area contributed by atoms with Gasteiger partial charge in [-0.1, -0.05) is 127 Å².